The summed E-state index contributed by atoms with van der Waals surface area (Å²) in [5, 5.41) is 2.66. The molecule has 1 aromatic carbocycles. The number of hydrogen-bond acceptors (Lipinski definition) is 2. The number of carbonyl (C=O) groups is 1. The van der Waals surface area contributed by atoms with E-state index in [0.29, 0.717) is 5.56 Å². The Bertz CT molecular complexity index is 735. The fraction of sp³-hybridized carbons (Fsp3) is 0.250. The number of aromatic nitrogens is 1. The van der Waals surface area contributed by atoms with Crippen LogP contribution in [0.25, 0.3) is 0 Å². The van der Waals surface area contributed by atoms with Crippen molar-refractivity contribution in [2.45, 2.75) is 19.4 Å². The number of halogens is 1. The van der Waals surface area contributed by atoms with E-state index in [-0.39, 0.29) is 35.4 Å². The zero-order chi connectivity index (χ0) is 14.8. The number of pyridine rings is 1. The second-order valence-electron chi connectivity index (χ2n) is 5.25. The van der Waals surface area contributed by atoms with E-state index in [0.717, 1.165) is 12.8 Å². The van der Waals surface area contributed by atoms with Crippen molar-refractivity contribution < 1.29 is 9.18 Å². The molecule has 1 heterocycles. The van der Waals surface area contributed by atoms with E-state index in [4.69, 9.17) is 0 Å². The van der Waals surface area contributed by atoms with Gasteiger partial charge in [0.15, 0.2) is 0 Å². The minimum atomic E-state index is -0.335. The molecule has 0 aliphatic heterocycles. The molecule has 21 heavy (non-hydrogen) atoms. The second kappa shape index (κ2) is 5.52. The number of amides is 1. The van der Waals surface area contributed by atoms with Crippen molar-refractivity contribution in [2.75, 3.05) is 5.32 Å². The number of carbonyl (C=O) groups excluding carboxylic acids is 1. The van der Waals surface area contributed by atoms with E-state index < -0.39 is 0 Å². The summed E-state index contributed by atoms with van der Waals surface area (Å²) in [6, 6.07) is 9.40. The van der Waals surface area contributed by atoms with Crippen molar-refractivity contribution in [2.24, 2.45) is 5.92 Å². The van der Waals surface area contributed by atoms with Crippen LogP contribution in [0.4, 0.5) is 10.1 Å². The summed E-state index contributed by atoms with van der Waals surface area (Å²) in [6.45, 7) is 0.268. The molecule has 3 rings (SSSR count). The van der Waals surface area contributed by atoms with Gasteiger partial charge in [-0.15, -0.1) is 0 Å². The number of nitrogens with one attached hydrogen (secondary N) is 1. The molecule has 0 saturated heterocycles. The molecule has 0 atom stereocenters. The lowest BCUT2D eigenvalue weighted by Crippen LogP contribution is -2.26. The fourth-order valence-electron chi connectivity index (χ4n) is 2.17. The van der Waals surface area contributed by atoms with E-state index in [1.165, 1.54) is 16.7 Å². The van der Waals surface area contributed by atoms with Crippen LogP contribution in [0.15, 0.2) is 47.4 Å². The summed E-state index contributed by atoms with van der Waals surface area (Å²) in [6.07, 6.45) is 3.40. The van der Waals surface area contributed by atoms with Crippen molar-refractivity contribution >= 4 is 11.6 Å². The quantitative estimate of drug-likeness (QED) is 0.938. The van der Waals surface area contributed by atoms with E-state index in [2.05, 4.69) is 5.32 Å². The molecule has 0 spiro atoms. The highest BCUT2D eigenvalue weighted by molar-refractivity contribution is 5.93. The van der Waals surface area contributed by atoms with Crippen LogP contribution < -0.4 is 10.9 Å². The number of benzene rings is 1. The maximum absolute atomic E-state index is 13.2. The molecule has 5 heteroatoms. The summed E-state index contributed by atoms with van der Waals surface area (Å²) >= 11 is 0. The largest absolute Gasteiger partial charge is 0.321 e. The fourth-order valence-corrected chi connectivity index (χ4v) is 2.17. The summed E-state index contributed by atoms with van der Waals surface area (Å²) < 4.78 is 14.6. The third-order valence-corrected chi connectivity index (χ3v) is 3.47. The van der Waals surface area contributed by atoms with Gasteiger partial charge in [-0.1, -0.05) is 12.1 Å². The Labute approximate surface area is 121 Å². The number of anilines is 1. The molecule has 4 nitrogen and oxygen atoms in total. The third-order valence-electron chi connectivity index (χ3n) is 3.47. The Hall–Kier alpha value is -2.43. The third kappa shape index (κ3) is 3.18. The van der Waals surface area contributed by atoms with Gasteiger partial charge in [0.2, 0.25) is 5.91 Å². The van der Waals surface area contributed by atoms with Crippen LogP contribution in [0.3, 0.4) is 0 Å². The molecule has 1 aliphatic carbocycles. The Morgan fingerprint density at radius 3 is 2.81 bits per heavy atom. The van der Waals surface area contributed by atoms with Gasteiger partial charge in [0.1, 0.15) is 11.5 Å². The SMILES string of the molecule is O=C(Nc1cccn(Cc2cccc(F)c2)c1=O)C1CC1. The average Bonchev–Trinajstić information content (AvgIpc) is 3.28. The van der Waals surface area contributed by atoms with Gasteiger partial charge in [-0.3, -0.25) is 9.59 Å². The van der Waals surface area contributed by atoms with Crippen LogP contribution >= 0.6 is 0 Å². The van der Waals surface area contributed by atoms with Crippen LogP contribution in [-0.4, -0.2) is 10.5 Å². The molecule has 1 saturated carbocycles. The maximum atomic E-state index is 13.2. The molecule has 0 radical (unpaired) electrons. The highest BCUT2D eigenvalue weighted by Gasteiger charge is 2.30. The van der Waals surface area contributed by atoms with Crippen molar-refractivity contribution in [3.05, 3.63) is 64.3 Å². The summed E-state index contributed by atoms with van der Waals surface area (Å²) in [7, 11) is 0. The average molecular weight is 286 g/mol. The van der Waals surface area contributed by atoms with Crippen molar-refractivity contribution in [3.63, 3.8) is 0 Å². The van der Waals surface area contributed by atoms with E-state index in [1.54, 1.807) is 30.5 Å². The molecule has 0 unspecified atom stereocenters. The van der Waals surface area contributed by atoms with Crippen LogP contribution in [0.1, 0.15) is 18.4 Å². The van der Waals surface area contributed by atoms with Crippen LogP contribution in [-0.2, 0) is 11.3 Å². The minimum Gasteiger partial charge on any atom is -0.321 e. The second-order valence-corrected chi connectivity index (χ2v) is 5.25. The topological polar surface area (TPSA) is 51.1 Å². The van der Waals surface area contributed by atoms with Crippen molar-refractivity contribution in [3.8, 4) is 0 Å². The first-order valence-electron chi connectivity index (χ1n) is 6.88. The van der Waals surface area contributed by atoms with E-state index in [9.17, 15) is 14.0 Å². The van der Waals surface area contributed by atoms with Gasteiger partial charge in [0.05, 0.1) is 6.54 Å². The number of nitrogens with zero attached hydrogens (tertiary/aromatic N) is 1. The predicted molar refractivity (Wildman–Crippen MR) is 77.6 cm³/mol. The zero-order valence-corrected chi connectivity index (χ0v) is 11.4. The number of rotatable bonds is 4. The van der Waals surface area contributed by atoms with Gasteiger partial charge >= 0.3 is 0 Å². The first-order chi connectivity index (χ1) is 10.1. The predicted octanol–water partition coefficient (Wildman–Crippen LogP) is 2.38. The van der Waals surface area contributed by atoms with Crippen LogP contribution in [0, 0.1) is 11.7 Å². The van der Waals surface area contributed by atoms with Gasteiger partial charge in [0.25, 0.3) is 5.56 Å². The van der Waals surface area contributed by atoms with Crippen molar-refractivity contribution in [1.82, 2.24) is 4.57 Å². The Balaban J connectivity index is 1.82. The Morgan fingerprint density at radius 1 is 1.29 bits per heavy atom. The lowest BCUT2D eigenvalue weighted by molar-refractivity contribution is -0.117. The molecule has 1 fully saturated rings. The molecular formula is C16H15FN2O2. The first-order valence-corrected chi connectivity index (χ1v) is 6.88. The monoisotopic (exact) mass is 286 g/mol. The molecule has 1 aromatic heterocycles. The summed E-state index contributed by atoms with van der Waals surface area (Å²) in [5.74, 6) is -0.393. The number of hydrogen-bond donors (Lipinski definition) is 1. The molecule has 1 N–H and O–H groups in total. The van der Waals surface area contributed by atoms with E-state index >= 15 is 0 Å². The standard InChI is InChI=1S/C16H15FN2O2/c17-13-4-1-3-11(9-13)10-19-8-2-5-14(16(19)21)18-15(20)12-6-7-12/h1-5,8-9,12H,6-7,10H2,(H,18,20). The van der Waals surface area contributed by atoms with Gasteiger partial charge in [-0.25, -0.2) is 4.39 Å². The Morgan fingerprint density at radius 2 is 2.10 bits per heavy atom. The highest BCUT2D eigenvalue weighted by atomic mass is 19.1. The molecule has 2 aromatic rings. The zero-order valence-electron chi connectivity index (χ0n) is 11.4. The molecule has 1 amide bonds. The normalized spacial score (nSPS) is 14.0. The molecule has 1 aliphatic rings. The van der Waals surface area contributed by atoms with Gasteiger partial charge in [-0.2, -0.15) is 0 Å². The lowest BCUT2D eigenvalue weighted by Gasteiger charge is -2.09. The van der Waals surface area contributed by atoms with Crippen LogP contribution in [0.2, 0.25) is 0 Å². The van der Waals surface area contributed by atoms with Gasteiger partial charge in [-0.05, 0) is 42.7 Å². The first kappa shape index (κ1) is 13.5. The van der Waals surface area contributed by atoms with Gasteiger partial charge < -0.3 is 9.88 Å². The molecule has 108 valence electrons. The minimum absolute atomic E-state index is 0.0428. The summed E-state index contributed by atoms with van der Waals surface area (Å²) in [5.41, 5.74) is 0.685. The van der Waals surface area contributed by atoms with E-state index in [1.807, 2.05) is 0 Å². The van der Waals surface area contributed by atoms with Crippen molar-refractivity contribution in [1.29, 1.82) is 0 Å². The smallest absolute Gasteiger partial charge is 0.274 e. The molecular weight excluding hydrogens is 271 g/mol. The lowest BCUT2D eigenvalue weighted by atomic mass is 10.2. The van der Waals surface area contributed by atoms with Gasteiger partial charge in [0, 0.05) is 12.1 Å². The van der Waals surface area contributed by atoms with Crippen LogP contribution in [0.5, 0.6) is 0 Å². The maximum Gasteiger partial charge on any atom is 0.274 e. The Kier molecular flexibility index (Phi) is 3.56. The molecule has 0 bridgehead atoms. The highest BCUT2D eigenvalue weighted by Crippen LogP contribution is 2.29. The summed E-state index contributed by atoms with van der Waals surface area (Å²) in [4.78, 5) is 24.0.